The van der Waals surface area contributed by atoms with Crippen LogP contribution in [0.25, 0.3) is 0 Å². The van der Waals surface area contributed by atoms with Gasteiger partial charge in [-0.2, -0.15) is 0 Å². The van der Waals surface area contributed by atoms with Crippen LogP contribution in [0.4, 0.5) is 5.69 Å². The summed E-state index contributed by atoms with van der Waals surface area (Å²) in [6.45, 7) is 3.05. The van der Waals surface area contributed by atoms with E-state index in [1.165, 1.54) is 17.7 Å². The van der Waals surface area contributed by atoms with Crippen LogP contribution in [0.15, 0.2) is 29.3 Å². The van der Waals surface area contributed by atoms with Gasteiger partial charge >= 0.3 is 0 Å². The van der Waals surface area contributed by atoms with Crippen molar-refractivity contribution in [3.8, 4) is 0 Å². The van der Waals surface area contributed by atoms with Gasteiger partial charge in [0.1, 0.15) is 0 Å². The first-order valence-corrected chi connectivity index (χ1v) is 11.9. The molecular formula is C20H30IN3O3S. The number of hydrogen-bond acceptors (Lipinski definition) is 4. The molecule has 8 heteroatoms. The zero-order valence-corrected chi connectivity index (χ0v) is 19.3. The van der Waals surface area contributed by atoms with Crippen molar-refractivity contribution in [1.82, 2.24) is 5.32 Å². The molecule has 1 aromatic carbocycles. The molecular weight excluding hydrogens is 489 g/mol. The number of sulfone groups is 1. The Morgan fingerprint density at radius 3 is 2.86 bits per heavy atom. The zero-order valence-electron chi connectivity index (χ0n) is 16.2. The summed E-state index contributed by atoms with van der Waals surface area (Å²) in [4.78, 5) is 7.09. The Morgan fingerprint density at radius 1 is 1.25 bits per heavy atom. The Morgan fingerprint density at radius 2 is 2.11 bits per heavy atom. The fraction of sp³-hybridized carbons (Fsp3) is 0.650. The summed E-state index contributed by atoms with van der Waals surface area (Å²) in [6.07, 6.45) is 5.40. The molecule has 6 nitrogen and oxygen atoms in total. The molecule has 0 aromatic heterocycles. The Kier molecular flexibility index (Phi) is 7.60. The predicted octanol–water partition coefficient (Wildman–Crippen LogP) is 2.62. The van der Waals surface area contributed by atoms with E-state index in [9.17, 15) is 8.42 Å². The van der Waals surface area contributed by atoms with Gasteiger partial charge in [0.05, 0.1) is 17.6 Å². The van der Waals surface area contributed by atoms with E-state index in [1.54, 1.807) is 0 Å². The highest BCUT2D eigenvalue weighted by Crippen LogP contribution is 2.28. The fourth-order valence-electron chi connectivity index (χ4n) is 4.20. The summed E-state index contributed by atoms with van der Waals surface area (Å²) in [6, 6.07) is 8.44. The van der Waals surface area contributed by atoms with E-state index in [0.717, 1.165) is 51.3 Å². The lowest BCUT2D eigenvalue weighted by molar-refractivity contribution is 0.0195. The Labute approximate surface area is 185 Å². The highest BCUT2D eigenvalue weighted by atomic mass is 127. The van der Waals surface area contributed by atoms with Crippen LogP contribution in [0.5, 0.6) is 0 Å². The lowest BCUT2D eigenvalue weighted by Gasteiger charge is -2.27. The lowest BCUT2D eigenvalue weighted by atomic mass is 10.1. The molecule has 3 heterocycles. The standard InChI is InChI=1S/C20H29N3O3S.HI/c24-27(25)12-9-16(15-27)13-21-20(22-14-18-6-3-4-11-26-18)23-10-8-17-5-1-2-7-19(17)23;/h1-2,5,7,16,18H,3-4,6,8-15H2,(H,21,22);1H. The normalized spacial score (nSPS) is 26.6. The van der Waals surface area contributed by atoms with Crippen molar-refractivity contribution in [1.29, 1.82) is 0 Å². The van der Waals surface area contributed by atoms with Crippen LogP contribution in [0.2, 0.25) is 0 Å². The van der Waals surface area contributed by atoms with Gasteiger partial charge in [-0.25, -0.2) is 8.42 Å². The fourth-order valence-corrected chi connectivity index (χ4v) is 6.05. The number of para-hydroxylation sites is 1. The minimum Gasteiger partial charge on any atom is -0.376 e. The molecule has 3 aliphatic heterocycles. The molecule has 4 rings (SSSR count). The molecule has 0 radical (unpaired) electrons. The molecule has 0 saturated carbocycles. The van der Waals surface area contributed by atoms with E-state index in [-0.39, 0.29) is 41.8 Å². The second kappa shape index (κ2) is 9.75. The van der Waals surface area contributed by atoms with E-state index in [1.807, 2.05) is 0 Å². The number of guanidine groups is 1. The van der Waals surface area contributed by atoms with Crippen molar-refractivity contribution in [3.63, 3.8) is 0 Å². The van der Waals surface area contributed by atoms with Gasteiger partial charge in [-0.05, 0) is 49.7 Å². The van der Waals surface area contributed by atoms with Gasteiger partial charge in [0.25, 0.3) is 0 Å². The van der Waals surface area contributed by atoms with Crippen LogP contribution >= 0.6 is 24.0 Å². The van der Waals surface area contributed by atoms with E-state index in [2.05, 4.69) is 34.5 Å². The Hall–Kier alpha value is -0.870. The van der Waals surface area contributed by atoms with Crippen molar-refractivity contribution in [2.45, 2.75) is 38.2 Å². The maximum atomic E-state index is 11.7. The van der Waals surface area contributed by atoms with Crippen molar-refractivity contribution in [3.05, 3.63) is 29.8 Å². The second-order valence-corrected chi connectivity index (χ2v) is 10.1. The van der Waals surface area contributed by atoms with Crippen LogP contribution in [-0.4, -0.2) is 58.2 Å². The summed E-state index contributed by atoms with van der Waals surface area (Å²) in [5, 5.41) is 3.52. The number of halogens is 1. The topological polar surface area (TPSA) is 71.0 Å². The maximum Gasteiger partial charge on any atom is 0.198 e. The summed E-state index contributed by atoms with van der Waals surface area (Å²) >= 11 is 0. The van der Waals surface area contributed by atoms with Crippen LogP contribution in [0, 0.1) is 5.92 Å². The van der Waals surface area contributed by atoms with Gasteiger partial charge in [-0.3, -0.25) is 4.99 Å². The molecule has 2 atom stereocenters. The number of aliphatic imine (C=N–C) groups is 1. The third-order valence-corrected chi connectivity index (χ3v) is 7.57. The van der Waals surface area contributed by atoms with Crippen LogP contribution < -0.4 is 10.2 Å². The van der Waals surface area contributed by atoms with Crippen LogP contribution in [-0.2, 0) is 21.0 Å². The maximum absolute atomic E-state index is 11.7. The van der Waals surface area contributed by atoms with Gasteiger partial charge in [0.15, 0.2) is 15.8 Å². The smallest absolute Gasteiger partial charge is 0.198 e. The summed E-state index contributed by atoms with van der Waals surface area (Å²) in [5.74, 6) is 1.57. The van der Waals surface area contributed by atoms with E-state index >= 15 is 0 Å². The van der Waals surface area contributed by atoms with Gasteiger partial charge in [-0.1, -0.05) is 18.2 Å². The second-order valence-electron chi connectivity index (χ2n) is 7.83. The minimum absolute atomic E-state index is 0. The van der Waals surface area contributed by atoms with Crippen LogP contribution in [0.1, 0.15) is 31.2 Å². The SMILES string of the molecule is I.O=S1(=O)CCC(CN=C(NCC2CCCCO2)N2CCc3ccccc32)C1. The van der Waals surface area contributed by atoms with Crippen molar-refractivity contribution >= 4 is 45.5 Å². The third-order valence-electron chi connectivity index (χ3n) is 5.73. The zero-order chi connectivity index (χ0) is 18.7. The lowest BCUT2D eigenvalue weighted by Crippen LogP contribution is -2.45. The van der Waals surface area contributed by atoms with Gasteiger partial charge < -0.3 is 15.0 Å². The highest BCUT2D eigenvalue weighted by Gasteiger charge is 2.29. The number of hydrogen-bond donors (Lipinski definition) is 1. The summed E-state index contributed by atoms with van der Waals surface area (Å²) in [7, 11) is -2.86. The van der Waals surface area contributed by atoms with Crippen molar-refractivity contribution < 1.29 is 13.2 Å². The minimum atomic E-state index is -2.86. The monoisotopic (exact) mass is 519 g/mol. The van der Waals surface area contributed by atoms with E-state index in [4.69, 9.17) is 9.73 Å². The molecule has 3 aliphatic rings. The first kappa shape index (κ1) is 21.8. The van der Waals surface area contributed by atoms with Crippen molar-refractivity contribution in [2.24, 2.45) is 10.9 Å². The first-order valence-electron chi connectivity index (χ1n) is 10.1. The molecule has 1 N–H and O–H groups in total. The number of benzene rings is 1. The average molecular weight is 519 g/mol. The number of nitrogens with zero attached hydrogens (tertiary/aromatic N) is 2. The molecule has 0 bridgehead atoms. The predicted molar refractivity (Wildman–Crippen MR) is 124 cm³/mol. The number of nitrogens with one attached hydrogen (secondary N) is 1. The number of ether oxygens (including phenoxy) is 1. The van der Waals surface area contributed by atoms with Crippen molar-refractivity contribution in [2.75, 3.05) is 42.6 Å². The average Bonchev–Trinajstić information content (AvgIpc) is 3.26. The Bertz CT molecular complexity index is 794. The first-order chi connectivity index (χ1) is 13.1. The van der Waals surface area contributed by atoms with Gasteiger partial charge in [0.2, 0.25) is 0 Å². The molecule has 156 valence electrons. The molecule has 0 spiro atoms. The van der Waals surface area contributed by atoms with Crippen LogP contribution in [0.3, 0.4) is 0 Å². The van der Waals surface area contributed by atoms with Gasteiger partial charge in [0, 0.05) is 31.9 Å². The molecule has 2 unspecified atom stereocenters. The summed E-state index contributed by atoms with van der Waals surface area (Å²) in [5.41, 5.74) is 2.54. The van der Waals surface area contributed by atoms with Gasteiger partial charge in [-0.15, -0.1) is 24.0 Å². The molecule has 2 fully saturated rings. The number of fused-ring (bicyclic) bond motifs is 1. The Balaban J connectivity index is 0.00000225. The third kappa shape index (κ3) is 5.38. The molecule has 0 amide bonds. The molecule has 0 aliphatic carbocycles. The number of rotatable bonds is 4. The molecule has 1 aromatic rings. The number of anilines is 1. The molecule has 2 saturated heterocycles. The highest BCUT2D eigenvalue weighted by molar-refractivity contribution is 14.0. The summed E-state index contributed by atoms with van der Waals surface area (Å²) < 4.78 is 29.3. The van der Waals surface area contributed by atoms with E-state index < -0.39 is 9.84 Å². The van der Waals surface area contributed by atoms with E-state index in [0.29, 0.717) is 12.3 Å². The quantitative estimate of drug-likeness (QED) is 0.377. The largest absolute Gasteiger partial charge is 0.376 e. The molecule has 28 heavy (non-hydrogen) atoms.